The number of hydrogen-bond donors (Lipinski definition) is 3. The van der Waals surface area contributed by atoms with Gasteiger partial charge in [-0.1, -0.05) is 35.3 Å². The molecule has 1 heterocycles. The highest BCUT2D eigenvalue weighted by atomic mass is 32.3. The highest BCUT2D eigenvalue weighted by Crippen LogP contribution is 2.15. The number of benzene rings is 1. The molecule has 2 aromatic rings. The van der Waals surface area contributed by atoms with Crippen LogP contribution in [-0.4, -0.2) is 25.0 Å². The van der Waals surface area contributed by atoms with Gasteiger partial charge in [0.1, 0.15) is 0 Å². The summed E-state index contributed by atoms with van der Waals surface area (Å²) in [6, 6.07) is 11.0. The van der Waals surface area contributed by atoms with E-state index in [1.165, 1.54) is 6.07 Å². The largest absolute Gasteiger partial charge is 0.474 e. The Balaban J connectivity index is 2.26. The first-order valence-electron chi connectivity index (χ1n) is 6.17. The lowest BCUT2D eigenvalue weighted by Gasteiger charge is -2.17. The number of aromatic nitrogens is 2. The summed E-state index contributed by atoms with van der Waals surface area (Å²) in [7, 11) is -2.97. The fourth-order valence-corrected chi connectivity index (χ4v) is 2.18. The van der Waals surface area contributed by atoms with Crippen molar-refractivity contribution in [3.8, 4) is 0 Å². The minimum atomic E-state index is -4.75. The van der Waals surface area contributed by atoms with Gasteiger partial charge in [-0.2, -0.15) is 8.42 Å². The molecular weight excluding hydrogens is 310 g/mol. The van der Waals surface area contributed by atoms with Crippen LogP contribution in [0.3, 0.4) is 0 Å². The van der Waals surface area contributed by atoms with Crippen molar-refractivity contribution in [1.29, 1.82) is 0 Å². The molecule has 10 heteroatoms. The molecule has 0 aliphatic carbocycles. The van der Waals surface area contributed by atoms with Gasteiger partial charge in [-0.05, 0) is 10.3 Å². The summed E-state index contributed by atoms with van der Waals surface area (Å²) in [5.74, 6) is -0.0124. The number of hydrogen-bond acceptors (Lipinski definition) is 7. The minimum Gasteiger partial charge on any atom is -0.345 e. The molecule has 118 valence electrons. The molecule has 0 atom stereocenters. The van der Waals surface area contributed by atoms with Crippen molar-refractivity contribution in [2.24, 2.45) is 0 Å². The Hall–Kier alpha value is -2.59. The van der Waals surface area contributed by atoms with Crippen molar-refractivity contribution in [2.75, 3.05) is 23.4 Å². The quantitative estimate of drug-likeness (QED) is 0.489. The highest BCUT2D eigenvalue weighted by molar-refractivity contribution is 7.80. The van der Waals surface area contributed by atoms with Gasteiger partial charge in [0.25, 0.3) is 0 Å². The zero-order valence-electron chi connectivity index (χ0n) is 11.7. The van der Waals surface area contributed by atoms with Gasteiger partial charge in [-0.25, -0.2) is 4.28 Å². The maximum Gasteiger partial charge on any atom is 0.474 e. The predicted molar refractivity (Wildman–Crippen MR) is 79.9 cm³/mol. The first-order valence-corrected chi connectivity index (χ1v) is 7.53. The van der Waals surface area contributed by atoms with E-state index in [2.05, 4.69) is 9.27 Å². The van der Waals surface area contributed by atoms with E-state index < -0.39 is 10.4 Å². The van der Waals surface area contributed by atoms with Crippen molar-refractivity contribution in [1.82, 2.24) is 4.98 Å². The molecule has 0 saturated carbocycles. The third kappa shape index (κ3) is 3.96. The first kappa shape index (κ1) is 15.8. The number of anilines is 3. The molecular formula is C12H16N5O4S+. The Bertz CT molecular complexity index is 743. The zero-order valence-corrected chi connectivity index (χ0v) is 12.6. The summed E-state index contributed by atoms with van der Waals surface area (Å²) in [4.78, 5) is 5.78. The van der Waals surface area contributed by atoms with Gasteiger partial charge < -0.3 is 16.4 Å². The molecule has 2 rings (SSSR count). The molecule has 9 nitrogen and oxygen atoms in total. The van der Waals surface area contributed by atoms with E-state index in [0.717, 1.165) is 5.56 Å². The fraction of sp³-hybridized carbons (Fsp3) is 0.167. The lowest BCUT2D eigenvalue weighted by Crippen LogP contribution is -2.50. The molecule has 0 unspecified atom stereocenters. The fourth-order valence-electron chi connectivity index (χ4n) is 1.83. The topological polar surface area (TPSA) is 136 Å². The maximum absolute atomic E-state index is 10.7. The molecule has 0 bridgehead atoms. The Kier molecular flexibility index (Phi) is 4.33. The minimum absolute atomic E-state index is 0.125. The van der Waals surface area contributed by atoms with Crippen LogP contribution in [0.25, 0.3) is 0 Å². The molecule has 22 heavy (non-hydrogen) atoms. The van der Waals surface area contributed by atoms with Crippen LogP contribution in [0.5, 0.6) is 0 Å². The Morgan fingerprint density at radius 3 is 2.50 bits per heavy atom. The van der Waals surface area contributed by atoms with E-state index in [0.29, 0.717) is 17.1 Å². The lowest BCUT2D eigenvalue weighted by molar-refractivity contribution is -0.835. The number of nitrogens with two attached hydrogens (primary N) is 2. The summed E-state index contributed by atoms with van der Waals surface area (Å²) < 4.78 is 34.9. The van der Waals surface area contributed by atoms with Gasteiger partial charge >= 0.3 is 16.3 Å². The molecule has 5 N–H and O–H groups in total. The first-order chi connectivity index (χ1) is 10.3. The van der Waals surface area contributed by atoms with Crippen LogP contribution >= 0.6 is 0 Å². The third-order valence-corrected chi connectivity index (χ3v) is 3.11. The van der Waals surface area contributed by atoms with E-state index in [9.17, 15) is 8.42 Å². The van der Waals surface area contributed by atoms with Crippen LogP contribution in [0.4, 0.5) is 17.6 Å². The summed E-state index contributed by atoms with van der Waals surface area (Å²) in [5, 5.41) is 0. The predicted octanol–water partition coefficient (Wildman–Crippen LogP) is -0.599. The zero-order chi connectivity index (χ0) is 16.3. The van der Waals surface area contributed by atoms with Crippen LogP contribution in [0.2, 0.25) is 0 Å². The van der Waals surface area contributed by atoms with Crippen LogP contribution < -0.4 is 25.4 Å². The number of nitrogens with zero attached hydrogens (tertiary/aromatic N) is 3. The normalized spacial score (nSPS) is 11.2. The molecule has 0 aliphatic heterocycles. The molecule has 0 amide bonds. The summed E-state index contributed by atoms with van der Waals surface area (Å²) in [5.41, 5.74) is 12.3. The van der Waals surface area contributed by atoms with Gasteiger partial charge in [-0.3, -0.25) is 4.55 Å². The Morgan fingerprint density at radius 1 is 1.32 bits per heavy atom. The van der Waals surface area contributed by atoms with E-state index in [-0.39, 0.29) is 11.8 Å². The molecule has 0 spiro atoms. The monoisotopic (exact) mass is 326 g/mol. The Morgan fingerprint density at radius 2 is 1.95 bits per heavy atom. The molecule has 1 aromatic heterocycles. The van der Waals surface area contributed by atoms with E-state index >= 15 is 0 Å². The SMILES string of the molecule is CN(Cc1ccccc1)c1cc(N)[n+](OS(=O)(=O)O)c(N)n1. The van der Waals surface area contributed by atoms with Gasteiger partial charge in [-0.15, -0.1) is 0 Å². The number of nitrogen functional groups attached to an aromatic ring is 2. The molecule has 1 aromatic carbocycles. The van der Waals surface area contributed by atoms with Gasteiger partial charge in [0.15, 0.2) is 5.82 Å². The van der Waals surface area contributed by atoms with Crippen LogP contribution in [0, 0.1) is 0 Å². The second-order valence-corrected chi connectivity index (χ2v) is 5.54. The average molecular weight is 326 g/mol. The summed E-state index contributed by atoms with van der Waals surface area (Å²) in [6.45, 7) is 0.551. The second kappa shape index (κ2) is 6.03. The van der Waals surface area contributed by atoms with Crippen molar-refractivity contribution in [3.05, 3.63) is 42.0 Å². The van der Waals surface area contributed by atoms with Crippen LogP contribution in [-0.2, 0) is 16.9 Å². The number of rotatable bonds is 5. The lowest BCUT2D eigenvalue weighted by atomic mass is 10.2. The van der Waals surface area contributed by atoms with Crippen LogP contribution in [0.15, 0.2) is 36.4 Å². The molecule has 0 aliphatic rings. The Labute approximate surface area is 127 Å². The van der Waals surface area contributed by atoms with Crippen molar-refractivity contribution in [3.63, 3.8) is 0 Å². The third-order valence-electron chi connectivity index (χ3n) is 2.77. The molecule has 0 saturated heterocycles. The van der Waals surface area contributed by atoms with Crippen molar-refractivity contribution < 1.29 is 22.0 Å². The molecule has 0 fully saturated rings. The van der Waals surface area contributed by atoms with E-state index in [1.807, 2.05) is 30.3 Å². The smallest absolute Gasteiger partial charge is 0.345 e. The average Bonchev–Trinajstić information content (AvgIpc) is 2.42. The summed E-state index contributed by atoms with van der Waals surface area (Å²) >= 11 is 0. The van der Waals surface area contributed by atoms with Crippen molar-refractivity contribution in [2.45, 2.75) is 6.54 Å². The van der Waals surface area contributed by atoms with Gasteiger partial charge in [0.2, 0.25) is 5.82 Å². The van der Waals surface area contributed by atoms with E-state index in [1.54, 1.807) is 11.9 Å². The highest BCUT2D eigenvalue weighted by Gasteiger charge is 2.21. The maximum atomic E-state index is 10.7. The van der Waals surface area contributed by atoms with Crippen molar-refractivity contribution >= 4 is 28.0 Å². The summed E-state index contributed by atoms with van der Waals surface area (Å²) in [6.07, 6.45) is 0. The second-order valence-electron chi connectivity index (χ2n) is 4.54. The standard InChI is InChI=1S/C12H15N5O4S/c1-16(8-9-5-3-2-4-6-9)11-7-10(13)17(12(14)15-11)21-22(18,19)20/h2-7H,8H2,1H3,(H4,13,14,15,18,19,20)/p+1. The van der Waals surface area contributed by atoms with E-state index in [4.69, 9.17) is 16.0 Å². The van der Waals surface area contributed by atoms with Crippen LogP contribution in [0.1, 0.15) is 5.56 Å². The van der Waals surface area contributed by atoms with Gasteiger partial charge in [0, 0.05) is 13.6 Å². The van der Waals surface area contributed by atoms with Gasteiger partial charge in [0.05, 0.1) is 6.07 Å². The molecule has 0 radical (unpaired) electrons.